The zero-order valence-electron chi connectivity index (χ0n) is 14.2. The second-order valence-corrected chi connectivity index (χ2v) is 7.60. The van der Waals surface area contributed by atoms with Crippen molar-refractivity contribution in [3.63, 3.8) is 0 Å². The number of ether oxygens (including phenoxy) is 1. The summed E-state index contributed by atoms with van der Waals surface area (Å²) in [5.41, 5.74) is 1.12. The van der Waals surface area contributed by atoms with Crippen LogP contribution in [0.3, 0.4) is 0 Å². The molecule has 0 fully saturated rings. The third-order valence-corrected chi connectivity index (χ3v) is 5.57. The van der Waals surface area contributed by atoms with Crippen molar-refractivity contribution in [3.05, 3.63) is 35.9 Å². The first kappa shape index (κ1) is 19.4. The van der Waals surface area contributed by atoms with Crippen molar-refractivity contribution in [2.45, 2.75) is 42.7 Å². The molecule has 1 atom stereocenters. The maximum absolute atomic E-state index is 12.0. The van der Waals surface area contributed by atoms with Gasteiger partial charge in [-0.25, -0.2) is 0 Å². The van der Waals surface area contributed by atoms with Crippen molar-refractivity contribution in [1.29, 1.82) is 0 Å². The van der Waals surface area contributed by atoms with Crippen LogP contribution < -0.4 is 5.32 Å². The average Bonchev–Trinajstić information content (AvgIpc) is 3.06. The molecule has 1 N–H and O–H groups in total. The van der Waals surface area contributed by atoms with Gasteiger partial charge in [-0.15, -0.1) is 10.2 Å². The Morgan fingerprint density at radius 1 is 1.24 bits per heavy atom. The third-order valence-electron chi connectivity index (χ3n) is 3.30. The molecule has 0 saturated heterocycles. The topological polar surface area (TPSA) is 81.2 Å². The molecule has 0 aliphatic heterocycles. The molecular weight excluding hydrogens is 358 g/mol. The predicted octanol–water partition coefficient (Wildman–Crippen LogP) is 3.54. The molecule has 8 heteroatoms. The summed E-state index contributed by atoms with van der Waals surface area (Å²) in [5.74, 6) is -0.354. The summed E-state index contributed by atoms with van der Waals surface area (Å²) in [5, 5.41) is 10.9. The van der Waals surface area contributed by atoms with Crippen molar-refractivity contribution < 1.29 is 14.3 Å². The molecule has 1 heterocycles. The summed E-state index contributed by atoms with van der Waals surface area (Å²) in [6, 6.07) is 9.84. The van der Waals surface area contributed by atoms with Crippen LogP contribution in [0.2, 0.25) is 0 Å². The largest absolute Gasteiger partial charge is 0.465 e. The van der Waals surface area contributed by atoms with Gasteiger partial charge in [-0.1, -0.05) is 60.4 Å². The fraction of sp³-hybridized carbons (Fsp3) is 0.412. The Bertz CT molecular complexity index is 691. The molecular formula is C17H21N3O3S2. The Morgan fingerprint density at radius 2 is 2.00 bits per heavy atom. The smallest absolute Gasteiger partial charge is 0.319 e. The van der Waals surface area contributed by atoms with Crippen LogP contribution in [0.4, 0.5) is 5.13 Å². The zero-order chi connectivity index (χ0) is 18.1. The number of amides is 1. The van der Waals surface area contributed by atoms with Crippen LogP contribution in [0, 0.1) is 0 Å². The number of rotatable bonds is 9. The SMILES string of the molecule is CCOC(=O)[C@H](CC)Sc1nnc(NC(=O)CCc2ccccc2)s1. The Kier molecular flexibility index (Phi) is 7.87. The van der Waals surface area contributed by atoms with E-state index in [1.54, 1.807) is 6.92 Å². The molecule has 1 amide bonds. The second-order valence-electron chi connectivity index (χ2n) is 5.17. The van der Waals surface area contributed by atoms with Crippen molar-refractivity contribution >= 4 is 40.1 Å². The Hall–Kier alpha value is -1.93. The number of hydrogen-bond acceptors (Lipinski definition) is 7. The van der Waals surface area contributed by atoms with Crippen molar-refractivity contribution in [2.24, 2.45) is 0 Å². The van der Waals surface area contributed by atoms with Crippen molar-refractivity contribution in [1.82, 2.24) is 10.2 Å². The van der Waals surface area contributed by atoms with E-state index in [1.165, 1.54) is 23.1 Å². The zero-order valence-corrected chi connectivity index (χ0v) is 15.9. The molecule has 0 radical (unpaired) electrons. The van der Waals surface area contributed by atoms with Crippen LogP contribution in [0.5, 0.6) is 0 Å². The number of aryl methyl sites for hydroxylation is 1. The van der Waals surface area contributed by atoms with Gasteiger partial charge in [0.15, 0.2) is 4.34 Å². The Labute approximate surface area is 155 Å². The van der Waals surface area contributed by atoms with Gasteiger partial charge >= 0.3 is 5.97 Å². The van der Waals surface area contributed by atoms with Crippen LogP contribution >= 0.6 is 23.1 Å². The fourth-order valence-corrected chi connectivity index (χ4v) is 3.98. The normalized spacial score (nSPS) is 11.8. The molecule has 0 unspecified atom stereocenters. The lowest BCUT2D eigenvalue weighted by atomic mass is 10.1. The number of carbonyl (C=O) groups excluding carboxylic acids is 2. The summed E-state index contributed by atoms with van der Waals surface area (Å²) >= 11 is 2.58. The van der Waals surface area contributed by atoms with Crippen LogP contribution in [-0.4, -0.2) is 33.9 Å². The molecule has 2 rings (SSSR count). The lowest BCUT2D eigenvalue weighted by molar-refractivity contribution is -0.142. The molecule has 6 nitrogen and oxygen atoms in total. The highest BCUT2D eigenvalue weighted by atomic mass is 32.2. The minimum absolute atomic E-state index is 0.103. The van der Waals surface area contributed by atoms with Crippen molar-refractivity contribution in [2.75, 3.05) is 11.9 Å². The number of anilines is 1. The number of aromatic nitrogens is 2. The molecule has 25 heavy (non-hydrogen) atoms. The second kappa shape index (κ2) is 10.1. The molecule has 0 aliphatic carbocycles. The first-order valence-corrected chi connectivity index (χ1v) is 9.82. The maximum Gasteiger partial charge on any atom is 0.319 e. The van der Waals surface area contributed by atoms with E-state index in [0.717, 1.165) is 5.56 Å². The lowest BCUT2D eigenvalue weighted by Gasteiger charge is -2.10. The highest BCUT2D eigenvalue weighted by molar-refractivity contribution is 8.02. The van der Waals surface area contributed by atoms with Gasteiger partial charge in [-0.3, -0.25) is 9.59 Å². The standard InChI is InChI=1S/C17H21N3O3S2/c1-3-13(15(22)23-4-2)24-17-20-19-16(25-17)18-14(21)11-10-12-8-6-5-7-9-12/h5-9,13H,3-4,10-11H2,1-2H3,(H,18,19,21)/t13-/m0/s1. The number of benzene rings is 1. The molecule has 0 aliphatic rings. The number of nitrogens with zero attached hydrogens (tertiary/aromatic N) is 2. The van der Waals surface area contributed by atoms with Crippen LogP contribution in [0.15, 0.2) is 34.7 Å². The summed E-state index contributed by atoms with van der Waals surface area (Å²) < 4.78 is 5.68. The van der Waals surface area contributed by atoms with Gasteiger partial charge in [0.1, 0.15) is 5.25 Å². The van der Waals surface area contributed by atoms with Gasteiger partial charge < -0.3 is 10.1 Å². The molecule has 134 valence electrons. The highest BCUT2D eigenvalue weighted by Crippen LogP contribution is 2.31. The first-order chi connectivity index (χ1) is 12.1. The van der Waals surface area contributed by atoms with E-state index in [1.807, 2.05) is 37.3 Å². The molecule has 0 spiro atoms. The van der Waals surface area contributed by atoms with E-state index in [0.29, 0.717) is 35.3 Å². The number of carbonyl (C=O) groups is 2. The van der Waals surface area contributed by atoms with E-state index < -0.39 is 0 Å². The average molecular weight is 380 g/mol. The van der Waals surface area contributed by atoms with Crippen LogP contribution in [-0.2, 0) is 20.7 Å². The van der Waals surface area contributed by atoms with Gasteiger partial charge in [-0.2, -0.15) is 0 Å². The minimum atomic E-state index is -0.311. The van der Waals surface area contributed by atoms with Gasteiger partial charge in [-0.05, 0) is 25.3 Å². The monoisotopic (exact) mass is 379 g/mol. The number of hydrogen-bond donors (Lipinski definition) is 1. The van der Waals surface area contributed by atoms with Gasteiger partial charge in [0.2, 0.25) is 11.0 Å². The quantitative estimate of drug-likeness (QED) is 0.408. The minimum Gasteiger partial charge on any atom is -0.465 e. The van der Waals surface area contributed by atoms with E-state index in [4.69, 9.17) is 4.74 Å². The number of esters is 1. The van der Waals surface area contributed by atoms with Gasteiger partial charge in [0.25, 0.3) is 0 Å². The van der Waals surface area contributed by atoms with Gasteiger partial charge in [0, 0.05) is 6.42 Å². The van der Waals surface area contributed by atoms with Gasteiger partial charge in [0.05, 0.1) is 6.61 Å². The Morgan fingerprint density at radius 3 is 2.68 bits per heavy atom. The van der Waals surface area contributed by atoms with E-state index >= 15 is 0 Å². The number of nitrogens with one attached hydrogen (secondary N) is 1. The lowest BCUT2D eigenvalue weighted by Crippen LogP contribution is -2.19. The predicted molar refractivity (Wildman–Crippen MR) is 99.9 cm³/mol. The van der Waals surface area contributed by atoms with Crippen molar-refractivity contribution in [3.8, 4) is 0 Å². The van der Waals surface area contributed by atoms with Crippen LogP contribution in [0.1, 0.15) is 32.3 Å². The van der Waals surface area contributed by atoms with E-state index in [2.05, 4.69) is 15.5 Å². The molecule has 0 saturated carbocycles. The summed E-state index contributed by atoms with van der Waals surface area (Å²) in [7, 11) is 0. The molecule has 1 aromatic heterocycles. The Balaban J connectivity index is 1.83. The summed E-state index contributed by atoms with van der Waals surface area (Å²) in [6.07, 6.45) is 1.70. The summed E-state index contributed by atoms with van der Waals surface area (Å²) in [6.45, 7) is 4.06. The summed E-state index contributed by atoms with van der Waals surface area (Å²) in [4.78, 5) is 23.8. The van der Waals surface area contributed by atoms with E-state index in [9.17, 15) is 9.59 Å². The molecule has 1 aromatic carbocycles. The fourth-order valence-electron chi connectivity index (χ4n) is 2.05. The maximum atomic E-state index is 12.0. The highest BCUT2D eigenvalue weighted by Gasteiger charge is 2.21. The third kappa shape index (κ3) is 6.47. The number of thioether (sulfide) groups is 1. The van der Waals surface area contributed by atoms with E-state index in [-0.39, 0.29) is 17.1 Å². The molecule has 0 bridgehead atoms. The van der Waals surface area contributed by atoms with Crippen LogP contribution in [0.25, 0.3) is 0 Å². The first-order valence-electron chi connectivity index (χ1n) is 8.13. The molecule has 2 aromatic rings.